The summed E-state index contributed by atoms with van der Waals surface area (Å²) in [6.07, 6.45) is 1.81. The molecule has 7 heteroatoms. The molecule has 0 saturated carbocycles. The van der Waals surface area contributed by atoms with Gasteiger partial charge in [-0.3, -0.25) is 9.59 Å². The van der Waals surface area contributed by atoms with E-state index >= 15 is 0 Å². The zero-order chi connectivity index (χ0) is 18.2. The fraction of sp³-hybridized carbons (Fsp3) is 0.556. The number of amides is 2. The lowest BCUT2D eigenvalue weighted by molar-refractivity contribution is -0.126. The summed E-state index contributed by atoms with van der Waals surface area (Å²) in [4.78, 5) is 23.7. The highest BCUT2D eigenvalue weighted by Gasteiger charge is 2.28. The summed E-state index contributed by atoms with van der Waals surface area (Å²) in [6, 6.07) is 3.66. The van der Waals surface area contributed by atoms with Gasteiger partial charge in [0, 0.05) is 37.9 Å². The number of nitrogens with one attached hydrogen (secondary N) is 3. The van der Waals surface area contributed by atoms with Crippen molar-refractivity contribution in [3.8, 4) is 0 Å². The van der Waals surface area contributed by atoms with Gasteiger partial charge in [-0.15, -0.1) is 0 Å². The predicted molar refractivity (Wildman–Crippen MR) is 91.1 cm³/mol. The second kappa shape index (κ2) is 9.46. The normalized spacial score (nSPS) is 20.1. The van der Waals surface area contributed by atoms with E-state index in [0.29, 0.717) is 25.1 Å². The van der Waals surface area contributed by atoms with Gasteiger partial charge >= 0.3 is 0 Å². The van der Waals surface area contributed by atoms with Crippen molar-refractivity contribution in [3.63, 3.8) is 0 Å². The minimum absolute atomic E-state index is 0.0887. The number of carbonyl (C=O) groups is 2. The Bertz CT molecular complexity index is 610. The van der Waals surface area contributed by atoms with E-state index in [9.17, 15) is 18.4 Å². The van der Waals surface area contributed by atoms with Crippen LogP contribution in [0.2, 0.25) is 0 Å². The summed E-state index contributed by atoms with van der Waals surface area (Å²) < 4.78 is 26.7. The molecule has 2 unspecified atom stereocenters. The lowest BCUT2D eigenvalue weighted by Crippen LogP contribution is -2.50. The van der Waals surface area contributed by atoms with E-state index in [1.165, 1.54) is 6.07 Å². The number of carbonyl (C=O) groups excluding carboxylic acids is 2. The molecule has 0 bridgehead atoms. The minimum Gasteiger partial charge on any atom is -0.356 e. The molecule has 25 heavy (non-hydrogen) atoms. The Labute approximate surface area is 146 Å². The van der Waals surface area contributed by atoms with E-state index in [1.807, 2.05) is 6.92 Å². The van der Waals surface area contributed by atoms with E-state index in [-0.39, 0.29) is 36.6 Å². The number of benzene rings is 1. The Morgan fingerprint density at radius 3 is 2.68 bits per heavy atom. The third-order valence-electron chi connectivity index (χ3n) is 4.35. The molecule has 1 aliphatic heterocycles. The number of piperidine rings is 1. The van der Waals surface area contributed by atoms with Crippen LogP contribution in [-0.4, -0.2) is 37.5 Å². The molecule has 0 aromatic heterocycles. The van der Waals surface area contributed by atoms with Crippen LogP contribution in [0.25, 0.3) is 0 Å². The van der Waals surface area contributed by atoms with E-state index < -0.39 is 11.6 Å². The number of hydrogen-bond donors (Lipinski definition) is 3. The highest BCUT2D eigenvalue weighted by molar-refractivity contribution is 5.83. The van der Waals surface area contributed by atoms with Gasteiger partial charge in [0.25, 0.3) is 0 Å². The molecule has 0 spiro atoms. The maximum Gasteiger partial charge on any atom is 0.220 e. The molecule has 0 aliphatic carbocycles. The molecule has 1 aromatic carbocycles. The van der Waals surface area contributed by atoms with Gasteiger partial charge < -0.3 is 16.0 Å². The summed E-state index contributed by atoms with van der Waals surface area (Å²) in [7, 11) is 0. The summed E-state index contributed by atoms with van der Waals surface area (Å²) in [5.74, 6) is -2.21. The van der Waals surface area contributed by atoms with Crippen molar-refractivity contribution >= 4 is 11.8 Å². The second-order valence-corrected chi connectivity index (χ2v) is 6.30. The van der Waals surface area contributed by atoms with Crippen molar-refractivity contribution in [1.82, 2.24) is 16.0 Å². The fourth-order valence-electron chi connectivity index (χ4n) is 3.01. The Hall–Kier alpha value is -2.02. The third-order valence-corrected chi connectivity index (χ3v) is 4.35. The second-order valence-electron chi connectivity index (χ2n) is 6.30. The zero-order valence-corrected chi connectivity index (χ0v) is 14.4. The lowest BCUT2D eigenvalue weighted by atomic mass is 9.86. The quantitative estimate of drug-likeness (QED) is 0.700. The van der Waals surface area contributed by atoms with Crippen LogP contribution in [0.4, 0.5) is 8.78 Å². The smallest absolute Gasteiger partial charge is 0.220 e. The standard InChI is InChI=1S/C18H25F2N3O2/c1-2-8-22-17(24)5-6-18(25)23-16-11-21-9-7-13(16)12-3-4-14(19)15(20)10-12/h3-4,10,13,16,21H,2,5-9,11H2,1H3,(H,22,24)(H,23,25). The van der Waals surface area contributed by atoms with Gasteiger partial charge in [0.05, 0.1) is 0 Å². The van der Waals surface area contributed by atoms with Crippen LogP contribution in [0.3, 0.4) is 0 Å². The Balaban J connectivity index is 1.92. The van der Waals surface area contributed by atoms with Gasteiger partial charge in [0.1, 0.15) is 0 Å². The highest BCUT2D eigenvalue weighted by atomic mass is 19.2. The summed E-state index contributed by atoms with van der Waals surface area (Å²) >= 11 is 0. The lowest BCUT2D eigenvalue weighted by Gasteiger charge is -2.33. The summed E-state index contributed by atoms with van der Waals surface area (Å²) in [5, 5.41) is 8.84. The largest absolute Gasteiger partial charge is 0.356 e. The molecular formula is C18H25F2N3O2. The van der Waals surface area contributed by atoms with Crippen molar-refractivity contribution in [1.29, 1.82) is 0 Å². The number of hydrogen-bond acceptors (Lipinski definition) is 3. The van der Waals surface area contributed by atoms with Gasteiger partial charge in [-0.1, -0.05) is 13.0 Å². The molecule has 1 saturated heterocycles. The number of halogens is 2. The van der Waals surface area contributed by atoms with E-state index in [4.69, 9.17) is 0 Å². The topological polar surface area (TPSA) is 70.2 Å². The van der Waals surface area contributed by atoms with Crippen LogP contribution < -0.4 is 16.0 Å². The van der Waals surface area contributed by atoms with Crippen LogP contribution in [0.5, 0.6) is 0 Å². The first kappa shape index (κ1) is 19.3. The van der Waals surface area contributed by atoms with Crippen molar-refractivity contribution in [2.75, 3.05) is 19.6 Å². The molecular weight excluding hydrogens is 328 g/mol. The van der Waals surface area contributed by atoms with Crippen LogP contribution in [0.15, 0.2) is 18.2 Å². The highest BCUT2D eigenvalue weighted by Crippen LogP contribution is 2.27. The monoisotopic (exact) mass is 353 g/mol. The van der Waals surface area contributed by atoms with E-state index in [1.54, 1.807) is 6.07 Å². The first-order valence-electron chi connectivity index (χ1n) is 8.73. The average Bonchev–Trinajstić information content (AvgIpc) is 2.61. The molecule has 3 N–H and O–H groups in total. The van der Waals surface area contributed by atoms with Crippen molar-refractivity contribution < 1.29 is 18.4 Å². The Kier molecular flexibility index (Phi) is 7.31. The zero-order valence-electron chi connectivity index (χ0n) is 14.4. The van der Waals surface area contributed by atoms with Gasteiger partial charge in [-0.05, 0) is 37.1 Å². The maximum absolute atomic E-state index is 13.5. The molecule has 5 nitrogen and oxygen atoms in total. The molecule has 0 radical (unpaired) electrons. The van der Waals surface area contributed by atoms with Crippen LogP contribution >= 0.6 is 0 Å². The first-order chi connectivity index (χ1) is 12.0. The van der Waals surface area contributed by atoms with Gasteiger partial charge in [0.15, 0.2) is 11.6 Å². The molecule has 138 valence electrons. The first-order valence-corrected chi connectivity index (χ1v) is 8.73. The van der Waals surface area contributed by atoms with Crippen LogP contribution in [-0.2, 0) is 9.59 Å². The van der Waals surface area contributed by atoms with Crippen molar-refractivity contribution in [2.45, 2.75) is 44.6 Å². The molecule has 1 aromatic rings. The molecule has 2 atom stereocenters. The molecule has 1 aliphatic rings. The molecule has 1 heterocycles. The molecule has 2 rings (SSSR count). The third kappa shape index (κ3) is 5.77. The summed E-state index contributed by atoms with van der Waals surface area (Å²) in [5.41, 5.74) is 0.673. The maximum atomic E-state index is 13.5. The van der Waals surface area contributed by atoms with Crippen molar-refractivity contribution in [3.05, 3.63) is 35.4 Å². The number of rotatable bonds is 7. The van der Waals surface area contributed by atoms with E-state index in [0.717, 1.165) is 19.0 Å². The average molecular weight is 353 g/mol. The van der Waals surface area contributed by atoms with Gasteiger partial charge in [-0.25, -0.2) is 8.78 Å². The fourth-order valence-corrected chi connectivity index (χ4v) is 3.01. The SMILES string of the molecule is CCCNC(=O)CCC(=O)NC1CNCCC1c1ccc(F)c(F)c1. The molecule has 1 fully saturated rings. The van der Waals surface area contributed by atoms with E-state index in [2.05, 4.69) is 16.0 Å². The Morgan fingerprint density at radius 2 is 1.96 bits per heavy atom. The predicted octanol–water partition coefficient (Wildman–Crippen LogP) is 1.83. The van der Waals surface area contributed by atoms with Crippen LogP contribution in [0.1, 0.15) is 44.1 Å². The molecule has 2 amide bonds. The Morgan fingerprint density at radius 1 is 1.20 bits per heavy atom. The van der Waals surface area contributed by atoms with Crippen molar-refractivity contribution in [2.24, 2.45) is 0 Å². The van der Waals surface area contributed by atoms with Crippen LogP contribution in [0, 0.1) is 11.6 Å². The van der Waals surface area contributed by atoms with Gasteiger partial charge in [-0.2, -0.15) is 0 Å². The minimum atomic E-state index is -0.881. The van der Waals surface area contributed by atoms with Gasteiger partial charge in [0.2, 0.25) is 11.8 Å². The summed E-state index contributed by atoms with van der Waals surface area (Å²) in [6.45, 7) is 3.86.